The molecule has 3 N–H and O–H groups in total. The van der Waals surface area contributed by atoms with E-state index >= 15 is 0 Å². The van der Waals surface area contributed by atoms with Crippen molar-refractivity contribution in [2.45, 2.75) is 62.8 Å². The van der Waals surface area contributed by atoms with Crippen molar-refractivity contribution in [1.82, 2.24) is 15.6 Å². The number of carbonyl (C=O) groups is 1. The molecule has 5 aliphatic rings. The fraction of sp³-hybridized carbons (Fsp3) is 0.727. The number of hydrogen-bond donors (Lipinski definition) is 3. The molecule has 2 heterocycles. The van der Waals surface area contributed by atoms with Gasteiger partial charge in [0.1, 0.15) is 0 Å². The van der Waals surface area contributed by atoms with Crippen molar-refractivity contribution < 1.29 is 23.1 Å². The zero-order valence-electron chi connectivity index (χ0n) is 17.1. The number of piperidine rings is 1. The van der Waals surface area contributed by atoms with E-state index in [9.17, 15) is 23.1 Å². The largest absolute Gasteiger partial charge is 0.417 e. The van der Waals surface area contributed by atoms with Crippen LogP contribution in [0.1, 0.15) is 56.2 Å². The van der Waals surface area contributed by atoms with Gasteiger partial charge in [0.05, 0.1) is 33.3 Å². The van der Waals surface area contributed by atoms with Crippen LogP contribution in [-0.2, 0) is 16.5 Å². The highest BCUT2D eigenvalue weighted by Crippen LogP contribution is 2.60. The molecule has 1 amide bonds. The highest BCUT2D eigenvalue weighted by atomic mass is 35.5. The number of aromatic nitrogens is 1. The van der Waals surface area contributed by atoms with Crippen molar-refractivity contribution in [2.24, 2.45) is 23.2 Å². The van der Waals surface area contributed by atoms with Crippen molar-refractivity contribution in [1.29, 1.82) is 0 Å². The molecule has 2 unspecified atom stereocenters. The maximum atomic E-state index is 13.7. The molecule has 4 bridgehead atoms. The van der Waals surface area contributed by atoms with Gasteiger partial charge in [-0.2, -0.15) is 13.2 Å². The summed E-state index contributed by atoms with van der Waals surface area (Å²) in [5.41, 5.74) is -2.08. The van der Waals surface area contributed by atoms with E-state index in [-0.39, 0.29) is 34.6 Å². The van der Waals surface area contributed by atoms with Crippen molar-refractivity contribution >= 4 is 17.5 Å². The fourth-order valence-electron chi connectivity index (χ4n) is 6.84. The fourth-order valence-corrected chi connectivity index (χ4v) is 7.19. The minimum absolute atomic E-state index is 0.0692. The molecular formula is C22H27ClF3N3O2. The summed E-state index contributed by atoms with van der Waals surface area (Å²) in [5.74, 6) is 0.704. The summed E-state index contributed by atoms with van der Waals surface area (Å²) in [6.07, 6.45) is 1.36. The monoisotopic (exact) mass is 457 g/mol. The number of aliphatic hydroxyl groups excluding tert-OH is 1. The van der Waals surface area contributed by atoms with E-state index in [1.807, 2.05) is 0 Å². The first-order valence-corrected chi connectivity index (χ1v) is 11.4. The standard InChI is InChI=1S/C22H27ClF3N3O2/c23-16-6-15(22(24,25)26)10-28-18(16)21(2-1-3-27-11-21)29-19(31)20-7-12-4-13(8-20)17(30)14(5-12)9-20/h6,10,12-14,17,27,30H,1-5,7-9,11H2,(H,29,31)/t12?,13?,14?,17?,20?,21-/m0/s1. The third-order valence-corrected chi connectivity index (χ3v) is 8.35. The Morgan fingerprint density at radius 1 is 1.26 bits per heavy atom. The first-order valence-electron chi connectivity index (χ1n) is 11.1. The van der Waals surface area contributed by atoms with Crippen molar-refractivity contribution in [3.8, 4) is 0 Å². The number of halogens is 4. The molecule has 1 aliphatic heterocycles. The minimum Gasteiger partial charge on any atom is -0.393 e. The van der Waals surface area contributed by atoms with Crippen LogP contribution in [0, 0.1) is 23.2 Å². The lowest BCUT2D eigenvalue weighted by Gasteiger charge is -2.58. The summed E-state index contributed by atoms with van der Waals surface area (Å²) in [6, 6.07) is 0.896. The van der Waals surface area contributed by atoms with Crippen LogP contribution >= 0.6 is 11.6 Å². The van der Waals surface area contributed by atoms with E-state index in [0.717, 1.165) is 44.5 Å². The number of pyridine rings is 1. The van der Waals surface area contributed by atoms with E-state index in [1.165, 1.54) is 0 Å². The summed E-state index contributed by atoms with van der Waals surface area (Å²) in [4.78, 5) is 17.8. The van der Waals surface area contributed by atoms with Crippen molar-refractivity contribution in [3.05, 3.63) is 28.5 Å². The summed E-state index contributed by atoms with van der Waals surface area (Å²) < 4.78 is 39.3. The molecule has 170 valence electrons. The normalized spacial score (nSPS) is 39.5. The van der Waals surface area contributed by atoms with Crippen LogP contribution in [-0.4, -0.2) is 35.2 Å². The van der Waals surface area contributed by atoms with E-state index in [0.29, 0.717) is 31.7 Å². The molecule has 5 nitrogen and oxygen atoms in total. The molecule has 5 fully saturated rings. The smallest absolute Gasteiger partial charge is 0.393 e. The maximum absolute atomic E-state index is 13.7. The first kappa shape index (κ1) is 21.5. The van der Waals surface area contributed by atoms with Gasteiger partial charge in [0.25, 0.3) is 0 Å². The van der Waals surface area contributed by atoms with Gasteiger partial charge in [-0.1, -0.05) is 11.6 Å². The Kier molecular flexibility index (Phi) is 5.07. The maximum Gasteiger partial charge on any atom is 0.417 e. The van der Waals surface area contributed by atoms with Gasteiger partial charge in [-0.3, -0.25) is 9.78 Å². The molecule has 4 saturated carbocycles. The van der Waals surface area contributed by atoms with E-state index in [1.54, 1.807) is 0 Å². The van der Waals surface area contributed by atoms with Crippen LogP contribution in [0.25, 0.3) is 0 Å². The van der Waals surface area contributed by atoms with Crippen LogP contribution in [0.2, 0.25) is 5.02 Å². The lowest BCUT2D eigenvalue weighted by molar-refractivity contribution is -0.165. The number of carbonyl (C=O) groups excluding carboxylic acids is 1. The average molecular weight is 458 g/mol. The summed E-state index contributed by atoms with van der Waals surface area (Å²) in [5, 5.41) is 16.9. The molecule has 1 saturated heterocycles. The van der Waals surface area contributed by atoms with Gasteiger partial charge in [0.15, 0.2) is 0 Å². The van der Waals surface area contributed by atoms with Gasteiger partial charge in [-0.15, -0.1) is 0 Å². The Hall–Kier alpha value is -1.38. The van der Waals surface area contributed by atoms with Gasteiger partial charge in [0, 0.05) is 12.7 Å². The topological polar surface area (TPSA) is 74.2 Å². The highest BCUT2D eigenvalue weighted by Gasteiger charge is 2.59. The van der Waals surface area contributed by atoms with E-state index in [4.69, 9.17) is 11.6 Å². The van der Waals surface area contributed by atoms with Gasteiger partial charge < -0.3 is 15.7 Å². The van der Waals surface area contributed by atoms with E-state index < -0.39 is 22.7 Å². The lowest BCUT2D eigenvalue weighted by Crippen LogP contribution is -2.63. The number of aliphatic hydroxyl groups is 1. The number of nitrogens with one attached hydrogen (secondary N) is 2. The second kappa shape index (κ2) is 7.32. The van der Waals surface area contributed by atoms with Crippen molar-refractivity contribution in [3.63, 3.8) is 0 Å². The van der Waals surface area contributed by atoms with Crippen LogP contribution in [0.4, 0.5) is 13.2 Å². The van der Waals surface area contributed by atoms with Crippen LogP contribution < -0.4 is 10.6 Å². The molecule has 0 radical (unpaired) electrons. The molecule has 0 spiro atoms. The highest BCUT2D eigenvalue weighted by molar-refractivity contribution is 6.31. The molecule has 31 heavy (non-hydrogen) atoms. The number of amides is 1. The Bertz CT molecular complexity index is 871. The molecule has 1 aromatic rings. The molecule has 9 heteroatoms. The Labute approximate surface area is 184 Å². The minimum atomic E-state index is -4.53. The zero-order chi connectivity index (χ0) is 22.0. The van der Waals surface area contributed by atoms with Gasteiger partial charge in [0.2, 0.25) is 5.91 Å². The first-order chi connectivity index (χ1) is 14.6. The Morgan fingerprint density at radius 2 is 1.97 bits per heavy atom. The van der Waals surface area contributed by atoms with Gasteiger partial charge in [-0.05, 0) is 75.3 Å². The van der Waals surface area contributed by atoms with E-state index in [2.05, 4.69) is 15.6 Å². The Morgan fingerprint density at radius 3 is 2.55 bits per heavy atom. The summed E-state index contributed by atoms with van der Waals surface area (Å²) in [7, 11) is 0. The van der Waals surface area contributed by atoms with Gasteiger partial charge >= 0.3 is 6.18 Å². The van der Waals surface area contributed by atoms with Crippen LogP contribution in [0.15, 0.2) is 12.3 Å². The third kappa shape index (κ3) is 3.55. The number of nitrogens with zero attached hydrogens (tertiary/aromatic N) is 1. The predicted octanol–water partition coefficient (Wildman–Crippen LogP) is 3.64. The molecule has 0 aromatic carbocycles. The number of hydrogen-bond acceptors (Lipinski definition) is 4. The van der Waals surface area contributed by atoms with Gasteiger partial charge in [-0.25, -0.2) is 0 Å². The summed E-state index contributed by atoms with van der Waals surface area (Å²) >= 11 is 6.31. The average Bonchev–Trinajstić information content (AvgIpc) is 2.71. The van der Waals surface area contributed by atoms with Crippen LogP contribution in [0.5, 0.6) is 0 Å². The number of alkyl halides is 3. The molecule has 1 aromatic heterocycles. The quantitative estimate of drug-likeness (QED) is 0.648. The SMILES string of the molecule is O=C(N[C@@]1(c2ncc(C(F)(F)F)cc2Cl)CCCNC1)C12CC3CC(C1)C(O)C(C3)C2. The molecular weight excluding hydrogens is 431 g/mol. The summed E-state index contributed by atoms with van der Waals surface area (Å²) in [6.45, 7) is 1.13. The van der Waals surface area contributed by atoms with Crippen molar-refractivity contribution in [2.75, 3.05) is 13.1 Å². The van der Waals surface area contributed by atoms with Crippen LogP contribution in [0.3, 0.4) is 0 Å². The third-order valence-electron chi connectivity index (χ3n) is 8.06. The number of rotatable bonds is 3. The molecule has 3 atom stereocenters. The zero-order valence-corrected chi connectivity index (χ0v) is 17.9. The molecule has 6 rings (SSSR count). The lowest BCUT2D eigenvalue weighted by atomic mass is 9.48. The molecule has 4 aliphatic carbocycles. The Balaban J connectivity index is 1.46. The predicted molar refractivity (Wildman–Crippen MR) is 108 cm³/mol. The second-order valence-electron chi connectivity index (χ2n) is 10.1. The second-order valence-corrected chi connectivity index (χ2v) is 10.5.